The Morgan fingerprint density at radius 2 is 2.04 bits per heavy atom. The molecule has 10 heteroatoms. The fraction of sp³-hybridized carbons (Fsp3) is 0.267. The average Bonchev–Trinajstić information content (AvgIpc) is 2.55. The number of hydrogen-bond donors (Lipinski definition) is 1. The van der Waals surface area contributed by atoms with E-state index in [1.165, 1.54) is 30.6 Å². The second-order valence-corrected chi connectivity index (χ2v) is 6.29. The van der Waals surface area contributed by atoms with E-state index in [-0.39, 0.29) is 22.5 Å². The van der Waals surface area contributed by atoms with Crippen molar-refractivity contribution >= 4 is 35.5 Å². The van der Waals surface area contributed by atoms with Crippen molar-refractivity contribution in [3.05, 3.63) is 40.6 Å². The van der Waals surface area contributed by atoms with E-state index in [1.54, 1.807) is 13.8 Å². The standard InChI is InChI=1S/C15H16ClFN4O3S/c1-8-13(16)20-14(9(2)18-8)24-12-6-5-10(7-11(12)17)19-15(22)21(3)25-23-4/h5-7H,1-4H3,(H,19,22). The molecule has 0 aliphatic heterocycles. The second-order valence-electron chi connectivity index (χ2n) is 4.91. The number of amides is 2. The Kier molecular flexibility index (Phi) is 6.40. The predicted molar refractivity (Wildman–Crippen MR) is 94.4 cm³/mol. The molecule has 1 N–H and O–H groups in total. The third-order valence-electron chi connectivity index (χ3n) is 3.01. The molecule has 1 aromatic heterocycles. The Labute approximate surface area is 153 Å². The van der Waals surface area contributed by atoms with Gasteiger partial charge in [-0.3, -0.25) is 4.18 Å². The van der Waals surface area contributed by atoms with E-state index in [9.17, 15) is 9.18 Å². The van der Waals surface area contributed by atoms with Crippen LogP contribution in [0, 0.1) is 19.7 Å². The van der Waals surface area contributed by atoms with Crippen molar-refractivity contribution in [1.29, 1.82) is 0 Å². The van der Waals surface area contributed by atoms with Gasteiger partial charge in [-0.2, -0.15) is 4.98 Å². The largest absolute Gasteiger partial charge is 0.434 e. The van der Waals surface area contributed by atoms with E-state index in [0.29, 0.717) is 11.4 Å². The summed E-state index contributed by atoms with van der Waals surface area (Å²) in [5.74, 6) is -0.616. The molecule has 0 aliphatic rings. The molecule has 7 nitrogen and oxygen atoms in total. The molecule has 0 saturated heterocycles. The molecule has 0 unspecified atom stereocenters. The highest BCUT2D eigenvalue weighted by Crippen LogP contribution is 2.28. The Balaban J connectivity index is 2.15. The molecule has 25 heavy (non-hydrogen) atoms. The summed E-state index contributed by atoms with van der Waals surface area (Å²) in [5, 5.41) is 2.71. The molecule has 0 bridgehead atoms. The normalized spacial score (nSPS) is 10.5. The maximum Gasteiger partial charge on any atom is 0.333 e. The highest BCUT2D eigenvalue weighted by molar-refractivity contribution is 7.92. The number of benzene rings is 1. The van der Waals surface area contributed by atoms with E-state index in [2.05, 4.69) is 15.3 Å². The number of aryl methyl sites for hydroxylation is 2. The lowest BCUT2D eigenvalue weighted by molar-refractivity contribution is 0.241. The zero-order valence-corrected chi connectivity index (χ0v) is 15.5. The van der Waals surface area contributed by atoms with E-state index in [4.69, 9.17) is 20.5 Å². The van der Waals surface area contributed by atoms with Crippen LogP contribution in [0.15, 0.2) is 18.2 Å². The molecule has 2 amide bonds. The number of rotatable bonds is 5. The zero-order valence-electron chi connectivity index (χ0n) is 14.0. The first-order valence-electron chi connectivity index (χ1n) is 7.05. The van der Waals surface area contributed by atoms with Crippen LogP contribution in [0.1, 0.15) is 11.4 Å². The third kappa shape index (κ3) is 4.94. The smallest absolute Gasteiger partial charge is 0.333 e. The van der Waals surface area contributed by atoms with Crippen molar-refractivity contribution in [3.63, 3.8) is 0 Å². The van der Waals surface area contributed by atoms with Crippen molar-refractivity contribution in [2.45, 2.75) is 13.8 Å². The molecular formula is C15H16ClFN4O3S. The maximum atomic E-state index is 14.2. The molecule has 0 radical (unpaired) electrons. The van der Waals surface area contributed by atoms with Crippen LogP contribution in [0.3, 0.4) is 0 Å². The molecule has 1 aromatic carbocycles. The fourth-order valence-electron chi connectivity index (χ4n) is 1.81. The molecule has 0 atom stereocenters. The lowest BCUT2D eigenvalue weighted by atomic mass is 10.3. The maximum absolute atomic E-state index is 14.2. The topological polar surface area (TPSA) is 76.6 Å². The van der Waals surface area contributed by atoms with Gasteiger partial charge in [0, 0.05) is 18.8 Å². The van der Waals surface area contributed by atoms with Gasteiger partial charge in [0.25, 0.3) is 0 Å². The van der Waals surface area contributed by atoms with Crippen molar-refractivity contribution in [2.75, 3.05) is 19.5 Å². The summed E-state index contributed by atoms with van der Waals surface area (Å²) in [6.45, 7) is 3.39. The van der Waals surface area contributed by atoms with E-state index >= 15 is 0 Å². The van der Waals surface area contributed by atoms with Crippen LogP contribution in [0.4, 0.5) is 14.9 Å². The van der Waals surface area contributed by atoms with Crippen LogP contribution in [0.5, 0.6) is 11.6 Å². The van der Waals surface area contributed by atoms with Crippen LogP contribution < -0.4 is 10.1 Å². The van der Waals surface area contributed by atoms with Crippen molar-refractivity contribution in [3.8, 4) is 11.6 Å². The van der Waals surface area contributed by atoms with Gasteiger partial charge < -0.3 is 10.1 Å². The monoisotopic (exact) mass is 386 g/mol. The first kappa shape index (κ1) is 19.2. The van der Waals surface area contributed by atoms with Crippen LogP contribution >= 0.6 is 23.8 Å². The number of nitrogens with zero attached hydrogens (tertiary/aromatic N) is 3. The summed E-state index contributed by atoms with van der Waals surface area (Å²) in [6.07, 6.45) is 0. The SMILES string of the molecule is COSN(C)C(=O)Nc1ccc(Oc2nc(Cl)c(C)nc2C)c(F)c1. The Morgan fingerprint density at radius 1 is 1.32 bits per heavy atom. The summed E-state index contributed by atoms with van der Waals surface area (Å²) < 4.78 is 25.7. The molecule has 2 aromatic rings. The molecule has 134 valence electrons. The zero-order chi connectivity index (χ0) is 18.6. The van der Waals surface area contributed by atoms with Crippen molar-refractivity contribution in [2.24, 2.45) is 0 Å². The molecule has 0 spiro atoms. The number of carbonyl (C=O) groups is 1. The predicted octanol–water partition coefficient (Wildman–Crippen LogP) is 4.35. The molecule has 2 rings (SSSR count). The minimum Gasteiger partial charge on any atom is -0.434 e. The van der Waals surface area contributed by atoms with Gasteiger partial charge in [0.05, 0.1) is 12.8 Å². The highest BCUT2D eigenvalue weighted by atomic mass is 35.5. The number of carbonyl (C=O) groups excluding carboxylic acids is 1. The number of hydrogen-bond acceptors (Lipinski definition) is 6. The summed E-state index contributed by atoms with van der Waals surface area (Å²) in [5.41, 5.74) is 1.31. The van der Waals surface area contributed by atoms with Crippen LogP contribution in [-0.2, 0) is 4.18 Å². The minimum atomic E-state index is -0.669. The van der Waals surface area contributed by atoms with Gasteiger partial charge in [0.15, 0.2) is 16.7 Å². The number of ether oxygens (including phenoxy) is 1. The summed E-state index contributed by atoms with van der Waals surface area (Å²) in [7, 11) is 2.95. The Bertz CT molecular complexity index is 794. The number of urea groups is 1. The third-order valence-corrected chi connectivity index (χ3v) is 3.90. The number of aromatic nitrogens is 2. The van der Waals surface area contributed by atoms with Crippen molar-refractivity contribution in [1.82, 2.24) is 14.3 Å². The summed E-state index contributed by atoms with van der Waals surface area (Å²) in [4.78, 5) is 20.0. The van der Waals surface area contributed by atoms with Crippen LogP contribution in [0.2, 0.25) is 5.15 Å². The Morgan fingerprint density at radius 3 is 2.68 bits per heavy atom. The molecule has 0 aliphatic carbocycles. The highest BCUT2D eigenvalue weighted by Gasteiger charge is 2.14. The van der Waals surface area contributed by atoms with Gasteiger partial charge in [0.1, 0.15) is 17.9 Å². The molecule has 1 heterocycles. The lowest BCUT2D eigenvalue weighted by Gasteiger charge is -2.15. The quantitative estimate of drug-likeness (QED) is 0.608. The Hall–Kier alpha value is -2.10. The first-order chi connectivity index (χ1) is 11.8. The van der Waals surface area contributed by atoms with Gasteiger partial charge in [-0.15, -0.1) is 0 Å². The number of halogens is 2. The van der Waals surface area contributed by atoms with Crippen molar-refractivity contribution < 1.29 is 18.1 Å². The van der Waals surface area contributed by atoms with E-state index in [0.717, 1.165) is 18.3 Å². The van der Waals surface area contributed by atoms with E-state index < -0.39 is 11.8 Å². The number of anilines is 1. The second kappa shape index (κ2) is 8.32. The fourth-order valence-corrected chi connectivity index (χ4v) is 2.26. The van der Waals surface area contributed by atoms with Gasteiger partial charge in [-0.25, -0.2) is 18.5 Å². The van der Waals surface area contributed by atoms with Gasteiger partial charge >= 0.3 is 6.03 Å². The number of nitrogens with one attached hydrogen (secondary N) is 1. The summed E-state index contributed by atoms with van der Waals surface area (Å²) in [6, 6.07) is 3.55. The molecule has 0 fully saturated rings. The van der Waals surface area contributed by atoms with Gasteiger partial charge in [-0.05, 0) is 26.0 Å². The lowest BCUT2D eigenvalue weighted by Crippen LogP contribution is -2.25. The summed E-state index contributed by atoms with van der Waals surface area (Å²) >= 11 is 6.76. The minimum absolute atomic E-state index is 0.0602. The van der Waals surface area contributed by atoms with Crippen LogP contribution in [-0.4, -0.2) is 34.5 Å². The van der Waals surface area contributed by atoms with E-state index in [1.807, 2.05) is 0 Å². The molecular weight excluding hydrogens is 371 g/mol. The van der Waals surface area contributed by atoms with Crippen LogP contribution in [0.25, 0.3) is 0 Å². The van der Waals surface area contributed by atoms with Gasteiger partial charge in [-0.1, -0.05) is 11.6 Å². The first-order valence-corrected chi connectivity index (χ1v) is 8.13. The van der Waals surface area contributed by atoms with Gasteiger partial charge in [0.2, 0.25) is 5.88 Å². The average molecular weight is 387 g/mol. The molecule has 0 saturated carbocycles.